The highest BCUT2D eigenvalue weighted by Crippen LogP contribution is 2.27. The van der Waals surface area contributed by atoms with Gasteiger partial charge in [-0.25, -0.2) is 0 Å². The smallest absolute Gasteiger partial charge is 0.0929 e. The SMILES string of the molecule is CC1CC(O)=CC=C1I. The highest BCUT2D eigenvalue weighted by molar-refractivity contribution is 14.1. The van der Waals surface area contributed by atoms with Crippen molar-refractivity contribution in [3.63, 3.8) is 0 Å². The van der Waals surface area contributed by atoms with Crippen LogP contribution in [-0.2, 0) is 0 Å². The Kier molecular flexibility index (Phi) is 2.16. The predicted octanol–water partition coefficient (Wildman–Crippen LogP) is 2.79. The second-order valence-electron chi connectivity index (χ2n) is 2.31. The standard InChI is InChI=1S/C7H9IO/c1-5-4-6(9)2-3-7(5)8/h2-3,5,9H,4H2,1H3. The maximum atomic E-state index is 9.01. The number of aliphatic hydroxyl groups excluding tert-OH is 1. The first-order valence-electron chi connectivity index (χ1n) is 2.95. The zero-order chi connectivity index (χ0) is 6.85. The van der Waals surface area contributed by atoms with Gasteiger partial charge in [0, 0.05) is 6.42 Å². The lowest BCUT2D eigenvalue weighted by Crippen LogP contribution is -1.99. The summed E-state index contributed by atoms with van der Waals surface area (Å²) in [7, 11) is 0. The minimum Gasteiger partial charge on any atom is -0.512 e. The summed E-state index contributed by atoms with van der Waals surface area (Å²) < 4.78 is 1.32. The van der Waals surface area contributed by atoms with Crippen molar-refractivity contribution in [2.45, 2.75) is 13.3 Å². The molecule has 1 nitrogen and oxygen atoms in total. The van der Waals surface area contributed by atoms with Crippen LogP contribution in [-0.4, -0.2) is 5.11 Å². The van der Waals surface area contributed by atoms with Gasteiger partial charge in [-0.1, -0.05) is 6.92 Å². The van der Waals surface area contributed by atoms with E-state index in [1.165, 1.54) is 3.58 Å². The van der Waals surface area contributed by atoms with Crippen LogP contribution in [0.25, 0.3) is 0 Å². The van der Waals surface area contributed by atoms with Gasteiger partial charge in [0.2, 0.25) is 0 Å². The normalized spacial score (nSPS) is 27.1. The summed E-state index contributed by atoms with van der Waals surface area (Å²) in [6.45, 7) is 2.11. The molecule has 0 aromatic rings. The maximum Gasteiger partial charge on any atom is 0.0929 e. The van der Waals surface area contributed by atoms with Gasteiger partial charge in [0.25, 0.3) is 0 Å². The first-order chi connectivity index (χ1) is 4.20. The summed E-state index contributed by atoms with van der Waals surface area (Å²) in [6, 6.07) is 0. The molecule has 0 spiro atoms. The number of rotatable bonds is 0. The molecule has 0 aliphatic heterocycles. The molecule has 1 rings (SSSR count). The van der Waals surface area contributed by atoms with E-state index in [9.17, 15) is 0 Å². The van der Waals surface area contributed by atoms with Gasteiger partial charge in [-0.05, 0) is 44.2 Å². The fourth-order valence-electron chi connectivity index (χ4n) is 0.819. The summed E-state index contributed by atoms with van der Waals surface area (Å²) in [5.74, 6) is 1.01. The molecule has 1 aliphatic rings. The highest BCUT2D eigenvalue weighted by Gasteiger charge is 2.10. The topological polar surface area (TPSA) is 20.2 Å². The largest absolute Gasteiger partial charge is 0.512 e. The molecular formula is C7H9IO. The molecule has 2 heteroatoms. The Hall–Kier alpha value is 0.01000. The third-order valence-corrected chi connectivity index (χ3v) is 2.84. The highest BCUT2D eigenvalue weighted by atomic mass is 127. The molecule has 1 aliphatic carbocycles. The monoisotopic (exact) mass is 236 g/mol. The third-order valence-electron chi connectivity index (χ3n) is 1.42. The van der Waals surface area contributed by atoms with Crippen LogP contribution in [0.3, 0.4) is 0 Å². The molecule has 0 radical (unpaired) electrons. The number of halogens is 1. The number of allylic oxidation sites excluding steroid dienone is 4. The van der Waals surface area contributed by atoms with E-state index in [-0.39, 0.29) is 0 Å². The summed E-state index contributed by atoms with van der Waals surface area (Å²) in [5, 5.41) is 9.01. The Morgan fingerprint density at radius 3 is 2.78 bits per heavy atom. The van der Waals surface area contributed by atoms with E-state index in [4.69, 9.17) is 5.11 Å². The quantitative estimate of drug-likeness (QED) is 0.641. The van der Waals surface area contributed by atoms with Gasteiger partial charge in [-0.3, -0.25) is 0 Å². The van der Waals surface area contributed by atoms with E-state index >= 15 is 0 Å². The molecule has 9 heavy (non-hydrogen) atoms. The Labute approximate surface area is 68.6 Å². The zero-order valence-electron chi connectivity index (χ0n) is 5.26. The minimum atomic E-state index is 0.503. The van der Waals surface area contributed by atoms with Gasteiger partial charge in [-0.2, -0.15) is 0 Å². The minimum absolute atomic E-state index is 0.503. The van der Waals surface area contributed by atoms with Crippen molar-refractivity contribution in [2.24, 2.45) is 5.92 Å². The van der Waals surface area contributed by atoms with E-state index in [1.807, 2.05) is 6.08 Å². The van der Waals surface area contributed by atoms with Gasteiger partial charge < -0.3 is 5.11 Å². The second-order valence-corrected chi connectivity index (χ2v) is 3.56. The molecule has 0 aromatic carbocycles. The number of hydrogen-bond donors (Lipinski definition) is 1. The molecule has 1 unspecified atom stereocenters. The molecule has 0 saturated heterocycles. The van der Waals surface area contributed by atoms with Crippen molar-refractivity contribution in [1.29, 1.82) is 0 Å². The average Bonchev–Trinajstić information content (AvgIpc) is 1.80. The van der Waals surface area contributed by atoms with Gasteiger partial charge in [0.05, 0.1) is 5.76 Å². The van der Waals surface area contributed by atoms with Crippen LogP contribution >= 0.6 is 22.6 Å². The molecular weight excluding hydrogens is 227 g/mol. The van der Waals surface area contributed by atoms with E-state index < -0.39 is 0 Å². The van der Waals surface area contributed by atoms with Crippen molar-refractivity contribution in [3.8, 4) is 0 Å². The third kappa shape index (κ3) is 1.71. The van der Waals surface area contributed by atoms with Crippen molar-refractivity contribution in [2.75, 3.05) is 0 Å². The Morgan fingerprint density at radius 2 is 2.33 bits per heavy atom. The first-order valence-corrected chi connectivity index (χ1v) is 4.03. The summed E-state index contributed by atoms with van der Waals surface area (Å²) in [4.78, 5) is 0. The van der Waals surface area contributed by atoms with Gasteiger partial charge >= 0.3 is 0 Å². The first kappa shape index (κ1) is 7.12. The van der Waals surface area contributed by atoms with Gasteiger partial charge in [-0.15, -0.1) is 0 Å². The Morgan fingerprint density at radius 1 is 1.67 bits per heavy atom. The fraction of sp³-hybridized carbons (Fsp3) is 0.429. The van der Waals surface area contributed by atoms with Crippen molar-refractivity contribution >= 4 is 22.6 Å². The van der Waals surface area contributed by atoms with Crippen LogP contribution in [0, 0.1) is 5.92 Å². The van der Waals surface area contributed by atoms with Crippen molar-refractivity contribution < 1.29 is 5.11 Å². The van der Waals surface area contributed by atoms with Gasteiger partial charge in [0.1, 0.15) is 0 Å². The van der Waals surface area contributed by atoms with Crippen LogP contribution in [0.1, 0.15) is 13.3 Å². The molecule has 50 valence electrons. The van der Waals surface area contributed by atoms with E-state index in [0.717, 1.165) is 6.42 Å². The number of aliphatic hydroxyl groups is 1. The average molecular weight is 236 g/mol. The summed E-state index contributed by atoms with van der Waals surface area (Å²) in [6.07, 6.45) is 4.53. The van der Waals surface area contributed by atoms with Crippen LogP contribution in [0.15, 0.2) is 21.5 Å². The zero-order valence-corrected chi connectivity index (χ0v) is 7.42. The lowest BCUT2D eigenvalue weighted by Gasteiger charge is -2.13. The van der Waals surface area contributed by atoms with Crippen LogP contribution in [0.2, 0.25) is 0 Å². The molecule has 1 N–H and O–H groups in total. The molecule has 0 fully saturated rings. The molecule has 0 aromatic heterocycles. The number of hydrogen-bond acceptors (Lipinski definition) is 1. The van der Waals surface area contributed by atoms with Crippen LogP contribution in [0.4, 0.5) is 0 Å². The van der Waals surface area contributed by atoms with Crippen molar-refractivity contribution in [1.82, 2.24) is 0 Å². The van der Waals surface area contributed by atoms with E-state index in [1.54, 1.807) is 6.08 Å². The van der Waals surface area contributed by atoms with Crippen LogP contribution in [0.5, 0.6) is 0 Å². The Bertz CT molecular complexity index is 170. The fourth-order valence-corrected chi connectivity index (χ4v) is 1.22. The molecule has 0 saturated carbocycles. The predicted molar refractivity (Wildman–Crippen MR) is 46.6 cm³/mol. The second kappa shape index (κ2) is 2.73. The van der Waals surface area contributed by atoms with Crippen molar-refractivity contribution in [3.05, 3.63) is 21.5 Å². The molecule has 0 bridgehead atoms. The Balaban J connectivity index is 2.74. The van der Waals surface area contributed by atoms with Crippen LogP contribution < -0.4 is 0 Å². The van der Waals surface area contributed by atoms with Gasteiger partial charge in [0.15, 0.2) is 0 Å². The molecule has 0 heterocycles. The van der Waals surface area contributed by atoms with E-state index in [2.05, 4.69) is 29.5 Å². The molecule has 0 amide bonds. The maximum absolute atomic E-state index is 9.01. The summed E-state index contributed by atoms with van der Waals surface area (Å²) >= 11 is 2.30. The lowest BCUT2D eigenvalue weighted by atomic mass is 10.0. The molecule has 1 atom stereocenters. The summed E-state index contributed by atoms with van der Waals surface area (Å²) in [5.41, 5.74) is 0. The van der Waals surface area contributed by atoms with E-state index in [0.29, 0.717) is 11.7 Å². The lowest BCUT2D eigenvalue weighted by molar-refractivity contribution is 0.369.